The molecule has 0 heterocycles. The van der Waals surface area contributed by atoms with Crippen LogP contribution < -0.4 is 11.1 Å². The molecule has 0 aliphatic carbocycles. The highest BCUT2D eigenvalue weighted by Gasteiger charge is 2.20. The molecule has 0 fully saturated rings. The van der Waals surface area contributed by atoms with Crippen molar-refractivity contribution in [2.24, 2.45) is 5.73 Å². The number of halogens is 1. The number of urea groups is 1. The smallest absolute Gasteiger partial charge is 0.312 e. The van der Waals surface area contributed by atoms with Gasteiger partial charge < -0.3 is 15.8 Å². The molecule has 0 radical (unpaired) electrons. The van der Waals surface area contributed by atoms with Gasteiger partial charge in [-0.05, 0) is 37.1 Å². The van der Waals surface area contributed by atoms with Crippen LogP contribution in [0.2, 0.25) is 5.02 Å². The average Bonchev–Trinajstić information content (AvgIpc) is 2.59. The predicted octanol–water partition coefficient (Wildman–Crippen LogP) is 3.48. The number of esters is 1. The average molecular weight is 389 g/mol. The van der Waals surface area contributed by atoms with Gasteiger partial charge in [0, 0.05) is 10.6 Å². The number of ether oxygens (including phenoxy) is 1. The maximum Gasteiger partial charge on any atom is 0.312 e. The summed E-state index contributed by atoms with van der Waals surface area (Å²) in [7, 11) is 0. The zero-order valence-electron chi connectivity index (χ0n) is 15.1. The molecule has 0 aliphatic heterocycles. The van der Waals surface area contributed by atoms with Gasteiger partial charge in [0.15, 0.2) is 6.61 Å². The molecule has 0 saturated carbocycles. The van der Waals surface area contributed by atoms with Crippen LogP contribution >= 0.6 is 11.6 Å². The second-order valence-electron chi connectivity index (χ2n) is 6.22. The van der Waals surface area contributed by atoms with Crippen molar-refractivity contribution < 1.29 is 19.1 Å². The third kappa shape index (κ3) is 6.11. The van der Waals surface area contributed by atoms with Gasteiger partial charge in [0.25, 0.3) is 0 Å². The topological polar surface area (TPSA) is 98.5 Å². The van der Waals surface area contributed by atoms with Crippen molar-refractivity contribution in [3.63, 3.8) is 0 Å². The first-order chi connectivity index (χ1) is 12.8. The van der Waals surface area contributed by atoms with Gasteiger partial charge in [-0.1, -0.05) is 47.5 Å². The summed E-state index contributed by atoms with van der Waals surface area (Å²) in [6.07, 6.45) is -0.162. The number of carbonyl (C=O) groups excluding carboxylic acids is 3. The Morgan fingerprint density at radius 2 is 1.78 bits per heavy atom. The summed E-state index contributed by atoms with van der Waals surface area (Å²) in [5, 5.41) is 3.02. The molecule has 0 bridgehead atoms. The van der Waals surface area contributed by atoms with Crippen molar-refractivity contribution in [2.75, 3.05) is 6.61 Å². The largest absolute Gasteiger partial charge is 0.457 e. The molecule has 2 aromatic rings. The zero-order valence-corrected chi connectivity index (χ0v) is 15.9. The quantitative estimate of drug-likeness (QED) is 0.560. The summed E-state index contributed by atoms with van der Waals surface area (Å²) in [4.78, 5) is 35.7. The third-order valence-corrected chi connectivity index (χ3v) is 4.26. The number of primary amides is 1. The van der Waals surface area contributed by atoms with Crippen molar-refractivity contribution >= 4 is 29.4 Å². The molecule has 1 atom stereocenters. The number of ketones is 1. The Labute approximate surface area is 162 Å². The Balaban J connectivity index is 1.99. The molecule has 0 spiro atoms. The number of amides is 2. The number of hydrogen-bond acceptors (Lipinski definition) is 4. The fraction of sp³-hybridized carbons (Fsp3) is 0.250. The highest BCUT2D eigenvalue weighted by atomic mass is 35.5. The van der Waals surface area contributed by atoms with Gasteiger partial charge >= 0.3 is 12.0 Å². The van der Waals surface area contributed by atoms with Gasteiger partial charge in [-0.2, -0.15) is 0 Å². The minimum Gasteiger partial charge on any atom is -0.457 e. The van der Waals surface area contributed by atoms with Crippen LogP contribution in [0.3, 0.4) is 0 Å². The van der Waals surface area contributed by atoms with Gasteiger partial charge in [0.1, 0.15) is 0 Å². The van der Waals surface area contributed by atoms with E-state index in [1.165, 1.54) is 0 Å². The number of rotatable bonds is 7. The number of benzene rings is 2. The monoisotopic (exact) mass is 388 g/mol. The molecule has 6 nitrogen and oxygen atoms in total. The number of nitrogens with one attached hydrogen (secondary N) is 1. The SMILES string of the molecule is Cc1ccc(C(=O)COC(=O)C[C@H](NC(N)=O)c2ccc(Cl)cc2)c(C)c1. The molecule has 7 heteroatoms. The molecule has 0 saturated heterocycles. The van der Waals surface area contributed by atoms with Gasteiger partial charge in [0.05, 0.1) is 12.5 Å². The van der Waals surface area contributed by atoms with Crippen LogP contribution in [0.1, 0.15) is 39.5 Å². The molecule has 0 aromatic heterocycles. The van der Waals surface area contributed by atoms with Gasteiger partial charge in [0.2, 0.25) is 5.78 Å². The fourth-order valence-electron chi connectivity index (χ4n) is 2.69. The highest BCUT2D eigenvalue weighted by Crippen LogP contribution is 2.20. The Bertz CT molecular complexity index is 850. The first-order valence-corrected chi connectivity index (χ1v) is 8.71. The van der Waals surface area contributed by atoms with Crippen LogP contribution in [0.25, 0.3) is 0 Å². The van der Waals surface area contributed by atoms with Crippen molar-refractivity contribution in [1.82, 2.24) is 5.32 Å². The molecule has 3 N–H and O–H groups in total. The van der Waals surface area contributed by atoms with E-state index in [0.717, 1.165) is 11.1 Å². The molecule has 2 amide bonds. The molecule has 0 aliphatic rings. The molecule has 2 aromatic carbocycles. The normalized spacial score (nSPS) is 11.5. The first-order valence-electron chi connectivity index (χ1n) is 8.33. The van der Waals surface area contributed by atoms with E-state index >= 15 is 0 Å². The minimum atomic E-state index is -0.769. The second-order valence-corrected chi connectivity index (χ2v) is 6.66. The number of aryl methyl sites for hydroxylation is 2. The maximum atomic E-state index is 12.3. The Hall–Kier alpha value is -2.86. The number of hydrogen-bond donors (Lipinski definition) is 2. The molecular formula is C20H21ClN2O4. The summed E-state index contributed by atoms with van der Waals surface area (Å²) in [6.45, 7) is 3.39. The predicted molar refractivity (Wildman–Crippen MR) is 103 cm³/mol. The van der Waals surface area contributed by atoms with E-state index in [1.807, 2.05) is 26.0 Å². The summed E-state index contributed by atoms with van der Waals surface area (Å²) in [5.74, 6) is -0.909. The number of nitrogens with two attached hydrogens (primary N) is 1. The lowest BCUT2D eigenvalue weighted by molar-refractivity contribution is -0.143. The number of carbonyl (C=O) groups is 3. The molecular weight excluding hydrogens is 368 g/mol. The van der Waals surface area contributed by atoms with E-state index in [4.69, 9.17) is 22.1 Å². The third-order valence-electron chi connectivity index (χ3n) is 4.01. The van der Waals surface area contributed by atoms with Crippen molar-refractivity contribution in [3.8, 4) is 0 Å². The Morgan fingerprint density at radius 3 is 2.37 bits per heavy atom. The number of Topliss-reactive ketones (excluding diaryl/α,β-unsaturated/α-hetero) is 1. The Kier molecular flexibility index (Phi) is 6.96. The van der Waals surface area contributed by atoms with Crippen molar-refractivity contribution in [3.05, 3.63) is 69.7 Å². The van der Waals surface area contributed by atoms with E-state index in [9.17, 15) is 14.4 Å². The summed E-state index contributed by atoms with van der Waals surface area (Å²) >= 11 is 5.85. The lowest BCUT2D eigenvalue weighted by Gasteiger charge is -2.17. The van der Waals surface area contributed by atoms with Crippen LogP contribution in [-0.2, 0) is 9.53 Å². The lowest BCUT2D eigenvalue weighted by Crippen LogP contribution is -2.34. The summed E-state index contributed by atoms with van der Waals surface area (Å²) in [6, 6.07) is 10.6. The van der Waals surface area contributed by atoms with Gasteiger partial charge in [-0.15, -0.1) is 0 Å². The fourth-order valence-corrected chi connectivity index (χ4v) is 2.82. The van der Waals surface area contributed by atoms with Crippen LogP contribution in [0.15, 0.2) is 42.5 Å². The van der Waals surface area contributed by atoms with Crippen molar-refractivity contribution in [2.45, 2.75) is 26.3 Å². The van der Waals surface area contributed by atoms with E-state index in [-0.39, 0.29) is 18.8 Å². The minimum absolute atomic E-state index is 0.162. The van der Waals surface area contributed by atoms with Crippen LogP contribution in [-0.4, -0.2) is 24.4 Å². The standard InChI is InChI=1S/C20H21ClN2O4/c1-12-3-8-16(13(2)9-12)18(24)11-27-19(25)10-17(23-20(22)26)14-4-6-15(21)7-5-14/h3-9,17H,10-11H2,1-2H3,(H3,22,23,26)/t17-/m0/s1. The van der Waals surface area contributed by atoms with Gasteiger partial charge in [-0.25, -0.2) is 4.79 Å². The molecule has 2 rings (SSSR count). The zero-order chi connectivity index (χ0) is 20.0. The Morgan fingerprint density at radius 1 is 1.11 bits per heavy atom. The maximum absolute atomic E-state index is 12.3. The van der Waals surface area contributed by atoms with E-state index in [0.29, 0.717) is 16.1 Å². The first kappa shape index (κ1) is 20.5. The summed E-state index contributed by atoms with van der Waals surface area (Å²) < 4.78 is 5.09. The van der Waals surface area contributed by atoms with E-state index < -0.39 is 18.0 Å². The molecule has 0 unspecified atom stereocenters. The van der Waals surface area contributed by atoms with Gasteiger partial charge in [-0.3, -0.25) is 9.59 Å². The second kappa shape index (κ2) is 9.19. The lowest BCUT2D eigenvalue weighted by atomic mass is 10.0. The summed E-state index contributed by atoms with van der Waals surface area (Å²) in [5.41, 5.74) is 8.21. The van der Waals surface area contributed by atoms with Crippen LogP contribution in [0.5, 0.6) is 0 Å². The van der Waals surface area contributed by atoms with Crippen molar-refractivity contribution in [1.29, 1.82) is 0 Å². The van der Waals surface area contributed by atoms with E-state index in [1.54, 1.807) is 30.3 Å². The van der Waals surface area contributed by atoms with Crippen LogP contribution in [0, 0.1) is 13.8 Å². The highest BCUT2D eigenvalue weighted by molar-refractivity contribution is 6.30. The molecule has 142 valence electrons. The molecule has 27 heavy (non-hydrogen) atoms. The van der Waals surface area contributed by atoms with E-state index in [2.05, 4.69) is 5.32 Å². The van der Waals surface area contributed by atoms with Crippen LogP contribution in [0.4, 0.5) is 4.79 Å².